The lowest BCUT2D eigenvalue weighted by Crippen LogP contribution is -2.32. The molecule has 0 saturated carbocycles. The Morgan fingerprint density at radius 3 is 1.79 bits per heavy atom. The summed E-state index contributed by atoms with van der Waals surface area (Å²) in [5.74, 6) is 0. The minimum atomic E-state index is -0.0755. The fourth-order valence-corrected chi connectivity index (χ4v) is 5.29. The number of aromatic nitrogens is 2. The van der Waals surface area contributed by atoms with Crippen molar-refractivity contribution in [3.63, 3.8) is 0 Å². The molecular formula is C31H28N2+2. The summed E-state index contributed by atoms with van der Waals surface area (Å²) in [7, 11) is 0. The molecule has 2 heterocycles. The van der Waals surface area contributed by atoms with Crippen LogP contribution in [0.1, 0.15) is 36.1 Å². The molecule has 2 heteroatoms. The van der Waals surface area contributed by atoms with Gasteiger partial charge in [-0.05, 0) is 42.0 Å². The Balaban J connectivity index is 1.49. The average molecular weight is 429 g/mol. The van der Waals surface area contributed by atoms with Gasteiger partial charge in [-0.1, -0.05) is 55.3 Å². The molecule has 3 aromatic carbocycles. The van der Waals surface area contributed by atoms with E-state index >= 15 is 0 Å². The van der Waals surface area contributed by atoms with Gasteiger partial charge in [0.15, 0.2) is 24.8 Å². The predicted molar refractivity (Wildman–Crippen MR) is 134 cm³/mol. The third-order valence-electron chi connectivity index (χ3n) is 7.17. The van der Waals surface area contributed by atoms with Gasteiger partial charge >= 0.3 is 0 Å². The molecule has 0 unspecified atom stereocenters. The van der Waals surface area contributed by atoms with Gasteiger partial charge in [-0.3, -0.25) is 0 Å². The molecule has 0 atom stereocenters. The zero-order chi connectivity index (χ0) is 22.7. The fraction of sp³-hybridized carbons (Fsp3) is 0.161. The summed E-state index contributed by atoms with van der Waals surface area (Å²) in [6, 6.07) is 26.6. The van der Waals surface area contributed by atoms with E-state index in [1.54, 1.807) is 0 Å². The summed E-state index contributed by atoms with van der Waals surface area (Å²) in [5.41, 5.74) is 10.4. The molecule has 0 spiro atoms. The molecule has 160 valence electrons. The van der Waals surface area contributed by atoms with E-state index < -0.39 is 0 Å². The molecule has 1 aliphatic rings. The van der Waals surface area contributed by atoms with Crippen LogP contribution in [0.3, 0.4) is 0 Å². The minimum absolute atomic E-state index is 0.0755. The molecular weight excluding hydrogens is 400 g/mol. The Bertz CT molecular complexity index is 1520. The van der Waals surface area contributed by atoms with Gasteiger partial charge in [-0.25, -0.2) is 0 Å². The van der Waals surface area contributed by atoms with Crippen molar-refractivity contribution >= 4 is 10.8 Å². The number of rotatable bonds is 2. The molecule has 2 aromatic heterocycles. The first kappa shape index (κ1) is 19.9. The Kier molecular flexibility index (Phi) is 4.28. The van der Waals surface area contributed by atoms with Crippen LogP contribution in [-0.4, -0.2) is 0 Å². The number of pyridine rings is 2. The second-order valence-electron chi connectivity index (χ2n) is 9.82. The molecule has 0 bridgehead atoms. The Morgan fingerprint density at radius 2 is 1.15 bits per heavy atom. The maximum atomic E-state index is 2.36. The van der Waals surface area contributed by atoms with E-state index in [-0.39, 0.29) is 5.41 Å². The van der Waals surface area contributed by atoms with E-state index in [1.165, 1.54) is 55.5 Å². The maximum absolute atomic E-state index is 2.36. The molecule has 0 N–H and O–H groups in total. The molecule has 33 heavy (non-hydrogen) atoms. The van der Waals surface area contributed by atoms with E-state index in [4.69, 9.17) is 0 Å². The Labute approximate surface area is 195 Å². The van der Waals surface area contributed by atoms with Gasteiger partial charge < -0.3 is 0 Å². The molecule has 0 radical (unpaired) electrons. The van der Waals surface area contributed by atoms with Crippen molar-refractivity contribution in [2.75, 3.05) is 0 Å². The topological polar surface area (TPSA) is 7.76 Å². The summed E-state index contributed by atoms with van der Waals surface area (Å²) in [6.07, 6.45) is 8.96. The standard InChI is InChI=1S/C31H28N2/c1-21-5-10-24(11-6-21)32-17-15-26-23(19-32)9-14-28-27-16-18-33(25-12-7-22(2)8-13-25)20-29(27)31(3,4)30(26)28/h5-20H,1-4H3/q+2. The zero-order valence-electron chi connectivity index (χ0n) is 19.6. The van der Waals surface area contributed by atoms with E-state index in [2.05, 4.69) is 134 Å². The van der Waals surface area contributed by atoms with Crippen molar-refractivity contribution in [2.24, 2.45) is 0 Å². The van der Waals surface area contributed by atoms with Gasteiger partial charge in [0.1, 0.15) is 0 Å². The quantitative estimate of drug-likeness (QED) is 0.291. The maximum Gasteiger partial charge on any atom is 0.210 e. The number of aryl methyl sites for hydroxylation is 2. The highest BCUT2D eigenvalue weighted by molar-refractivity contribution is 5.96. The molecule has 5 aromatic rings. The molecule has 6 rings (SSSR count). The molecule has 2 nitrogen and oxygen atoms in total. The van der Waals surface area contributed by atoms with Crippen LogP contribution < -0.4 is 9.13 Å². The Morgan fingerprint density at radius 1 is 0.576 bits per heavy atom. The molecule has 0 fully saturated rings. The fourth-order valence-electron chi connectivity index (χ4n) is 5.29. The smallest absolute Gasteiger partial charge is 0.167 e. The van der Waals surface area contributed by atoms with Gasteiger partial charge in [-0.15, -0.1) is 0 Å². The molecule has 0 saturated heterocycles. The number of fused-ring (bicyclic) bond motifs is 5. The summed E-state index contributed by atoms with van der Waals surface area (Å²) < 4.78 is 4.47. The first-order valence-electron chi connectivity index (χ1n) is 11.6. The first-order chi connectivity index (χ1) is 15.9. The number of hydrogen-bond acceptors (Lipinski definition) is 0. The van der Waals surface area contributed by atoms with E-state index in [9.17, 15) is 0 Å². The monoisotopic (exact) mass is 428 g/mol. The molecule has 1 aliphatic carbocycles. The first-order valence-corrected chi connectivity index (χ1v) is 11.6. The Hall–Kier alpha value is -3.78. The van der Waals surface area contributed by atoms with E-state index in [1.807, 2.05) is 0 Å². The summed E-state index contributed by atoms with van der Waals surface area (Å²) in [6.45, 7) is 8.97. The van der Waals surface area contributed by atoms with Crippen LogP contribution >= 0.6 is 0 Å². The van der Waals surface area contributed by atoms with Crippen molar-refractivity contribution in [3.8, 4) is 22.5 Å². The molecule has 0 aliphatic heterocycles. The number of benzene rings is 3. The number of nitrogens with zero attached hydrogens (tertiary/aromatic N) is 2. The normalized spacial score (nSPS) is 13.7. The van der Waals surface area contributed by atoms with Crippen molar-refractivity contribution in [2.45, 2.75) is 33.1 Å². The minimum Gasteiger partial charge on any atom is -0.167 e. The van der Waals surface area contributed by atoms with Gasteiger partial charge in [0.05, 0.1) is 0 Å². The van der Waals surface area contributed by atoms with Crippen molar-refractivity contribution < 1.29 is 9.13 Å². The van der Waals surface area contributed by atoms with Crippen LogP contribution in [0.15, 0.2) is 97.6 Å². The largest absolute Gasteiger partial charge is 0.210 e. The van der Waals surface area contributed by atoms with Crippen LogP contribution in [0.4, 0.5) is 0 Å². The van der Waals surface area contributed by atoms with Crippen LogP contribution in [0.5, 0.6) is 0 Å². The summed E-state index contributed by atoms with van der Waals surface area (Å²) in [5, 5.41) is 2.60. The second kappa shape index (κ2) is 7.11. The molecule has 0 amide bonds. The van der Waals surface area contributed by atoms with E-state index in [0.717, 1.165) is 0 Å². The second-order valence-corrected chi connectivity index (χ2v) is 9.82. The van der Waals surface area contributed by atoms with Crippen LogP contribution in [-0.2, 0) is 5.41 Å². The van der Waals surface area contributed by atoms with Crippen LogP contribution in [0.25, 0.3) is 33.3 Å². The van der Waals surface area contributed by atoms with E-state index in [0.29, 0.717) is 0 Å². The highest BCUT2D eigenvalue weighted by atomic mass is 14.9. The lowest BCUT2D eigenvalue weighted by molar-refractivity contribution is -0.596. The lowest BCUT2D eigenvalue weighted by Gasteiger charge is -2.21. The summed E-state index contributed by atoms with van der Waals surface area (Å²) in [4.78, 5) is 0. The van der Waals surface area contributed by atoms with Gasteiger partial charge in [0.25, 0.3) is 0 Å². The van der Waals surface area contributed by atoms with Crippen LogP contribution in [0.2, 0.25) is 0 Å². The van der Waals surface area contributed by atoms with Crippen molar-refractivity contribution in [1.29, 1.82) is 0 Å². The van der Waals surface area contributed by atoms with Crippen molar-refractivity contribution in [1.82, 2.24) is 0 Å². The van der Waals surface area contributed by atoms with Crippen molar-refractivity contribution in [3.05, 3.63) is 120 Å². The number of hydrogen-bond donors (Lipinski definition) is 0. The SMILES string of the molecule is Cc1ccc(-[n+]2ccc3c(c2)C(C)(C)c2c-3ccc3c[n+](-c4ccc(C)cc4)ccc23)cc1. The van der Waals surface area contributed by atoms with Gasteiger partial charge in [0.2, 0.25) is 11.4 Å². The average Bonchev–Trinajstić information content (AvgIpc) is 3.06. The highest BCUT2D eigenvalue weighted by Crippen LogP contribution is 2.50. The predicted octanol–water partition coefficient (Wildman–Crippen LogP) is 6.32. The third-order valence-corrected chi connectivity index (χ3v) is 7.17. The van der Waals surface area contributed by atoms with Gasteiger partial charge in [-0.2, -0.15) is 9.13 Å². The van der Waals surface area contributed by atoms with Gasteiger partial charge in [0, 0.05) is 52.8 Å². The summed E-state index contributed by atoms with van der Waals surface area (Å²) >= 11 is 0. The van der Waals surface area contributed by atoms with Crippen LogP contribution in [0, 0.1) is 13.8 Å². The lowest BCUT2D eigenvalue weighted by atomic mass is 9.81. The highest BCUT2D eigenvalue weighted by Gasteiger charge is 2.39. The zero-order valence-corrected chi connectivity index (χ0v) is 19.6. The third kappa shape index (κ3) is 3.09.